The summed E-state index contributed by atoms with van der Waals surface area (Å²) in [6.07, 6.45) is 2.67. The SMILES string of the molecule is [O-][n+]1cc2nc(N3CCN(CC(F)(F)F)CC3)cn2c2c1C=CCN2. The first-order valence-electron chi connectivity index (χ1n) is 8.00. The summed E-state index contributed by atoms with van der Waals surface area (Å²) in [5.74, 6) is 1.33. The van der Waals surface area contributed by atoms with Crippen molar-refractivity contribution >= 4 is 23.4 Å². The Labute approximate surface area is 141 Å². The van der Waals surface area contributed by atoms with Crippen LogP contribution in [0.4, 0.5) is 24.8 Å². The van der Waals surface area contributed by atoms with E-state index in [0.717, 1.165) is 4.73 Å². The minimum Gasteiger partial charge on any atom is -0.618 e. The van der Waals surface area contributed by atoms with Gasteiger partial charge in [-0.15, -0.1) is 0 Å². The highest BCUT2D eigenvalue weighted by molar-refractivity contribution is 5.66. The fraction of sp³-hybridized carbons (Fsp3) is 0.467. The van der Waals surface area contributed by atoms with Crippen molar-refractivity contribution in [2.45, 2.75) is 6.18 Å². The number of imidazole rings is 1. The monoisotopic (exact) mass is 354 g/mol. The van der Waals surface area contributed by atoms with E-state index < -0.39 is 12.7 Å². The molecule has 0 aliphatic carbocycles. The molecule has 25 heavy (non-hydrogen) atoms. The molecule has 1 N–H and O–H groups in total. The molecule has 2 aliphatic rings. The summed E-state index contributed by atoms with van der Waals surface area (Å²) >= 11 is 0. The van der Waals surface area contributed by atoms with Crippen LogP contribution in [0, 0.1) is 5.21 Å². The van der Waals surface area contributed by atoms with Crippen LogP contribution in [0.3, 0.4) is 0 Å². The number of halogens is 3. The average Bonchev–Trinajstić information content (AvgIpc) is 2.98. The predicted octanol–water partition coefficient (Wildman–Crippen LogP) is 1.09. The van der Waals surface area contributed by atoms with Crippen molar-refractivity contribution in [2.24, 2.45) is 0 Å². The Kier molecular flexibility index (Phi) is 3.71. The number of piperazine rings is 1. The zero-order valence-corrected chi connectivity index (χ0v) is 13.3. The fourth-order valence-electron chi connectivity index (χ4n) is 3.25. The number of anilines is 2. The zero-order valence-electron chi connectivity index (χ0n) is 13.3. The Morgan fingerprint density at radius 3 is 2.72 bits per heavy atom. The summed E-state index contributed by atoms with van der Waals surface area (Å²) in [6.45, 7) is 1.32. The predicted molar refractivity (Wildman–Crippen MR) is 86.4 cm³/mol. The standard InChI is InChI=1S/C15H17F3N6O/c16-15(17,18)10-21-4-6-22(7-5-21)12-8-23-13(20-12)9-24(25)11-2-1-3-19-14(11)23/h1-2,8-9,19H,3-7,10H2. The van der Waals surface area contributed by atoms with Gasteiger partial charge >= 0.3 is 6.18 Å². The second-order valence-electron chi connectivity index (χ2n) is 6.18. The first-order valence-corrected chi connectivity index (χ1v) is 8.00. The summed E-state index contributed by atoms with van der Waals surface area (Å²) in [7, 11) is 0. The second-order valence-corrected chi connectivity index (χ2v) is 6.18. The summed E-state index contributed by atoms with van der Waals surface area (Å²) in [4.78, 5) is 7.81. The first-order chi connectivity index (χ1) is 11.9. The number of rotatable bonds is 2. The van der Waals surface area contributed by atoms with Gasteiger partial charge in [0.15, 0.2) is 5.82 Å². The van der Waals surface area contributed by atoms with Crippen molar-refractivity contribution in [2.75, 3.05) is 49.5 Å². The molecule has 4 rings (SSSR count). The molecule has 7 nitrogen and oxygen atoms in total. The quantitative estimate of drug-likeness (QED) is 0.646. The number of nitrogens with one attached hydrogen (secondary N) is 1. The molecule has 134 valence electrons. The lowest BCUT2D eigenvalue weighted by Crippen LogP contribution is -2.49. The maximum atomic E-state index is 12.5. The van der Waals surface area contributed by atoms with Crippen LogP contribution >= 0.6 is 0 Å². The lowest BCUT2D eigenvalue weighted by molar-refractivity contribution is -0.606. The third kappa shape index (κ3) is 3.09. The van der Waals surface area contributed by atoms with Gasteiger partial charge in [0.05, 0.1) is 12.7 Å². The van der Waals surface area contributed by atoms with Crippen LogP contribution in [0.5, 0.6) is 0 Å². The average molecular weight is 354 g/mol. The van der Waals surface area contributed by atoms with Gasteiger partial charge in [0, 0.05) is 38.8 Å². The van der Waals surface area contributed by atoms with Crippen molar-refractivity contribution in [1.82, 2.24) is 14.3 Å². The number of alkyl halides is 3. The Hall–Kier alpha value is -2.49. The van der Waals surface area contributed by atoms with Gasteiger partial charge < -0.3 is 15.4 Å². The third-order valence-corrected chi connectivity index (χ3v) is 4.44. The molecule has 0 atom stereocenters. The van der Waals surface area contributed by atoms with Crippen LogP contribution in [0.2, 0.25) is 0 Å². The topological polar surface area (TPSA) is 62.8 Å². The number of hydrogen-bond donors (Lipinski definition) is 1. The van der Waals surface area contributed by atoms with Gasteiger partial charge in [-0.25, -0.2) is 4.98 Å². The van der Waals surface area contributed by atoms with Crippen LogP contribution in [-0.2, 0) is 0 Å². The van der Waals surface area contributed by atoms with Gasteiger partial charge in [-0.3, -0.25) is 9.30 Å². The van der Waals surface area contributed by atoms with Crippen molar-refractivity contribution in [1.29, 1.82) is 0 Å². The summed E-state index contributed by atoms with van der Waals surface area (Å²) in [5.41, 5.74) is 1.02. The van der Waals surface area contributed by atoms with Gasteiger partial charge in [0.2, 0.25) is 11.8 Å². The minimum absolute atomic E-state index is 0.327. The molecular weight excluding hydrogens is 337 g/mol. The molecule has 10 heteroatoms. The van der Waals surface area contributed by atoms with Crippen LogP contribution in [0.15, 0.2) is 18.5 Å². The molecule has 1 fully saturated rings. The molecule has 2 aromatic heterocycles. The molecule has 0 radical (unpaired) electrons. The molecule has 0 unspecified atom stereocenters. The maximum Gasteiger partial charge on any atom is 0.401 e. The smallest absolute Gasteiger partial charge is 0.401 e. The largest absolute Gasteiger partial charge is 0.618 e. The van der Waals surface area contributed by atoms with E-state index in [0.29, 0.717) is 55.7 Å². The fourth-order valence-corrected chi connectivity index (χ4v) is 3.25. The molecule has 0 bridgehead atoms. The van der Waals surface area contributed by atoms with Gasteiger partial charge in [-0.1, -0.05) is 6.08 Å². The lowest BCUT2D eigenvalue weighted by Gasteiger charge is -2.35. The molecule has 1 saturated heterocycles. The van der Waals surface area contributed by atoms with E-state index in [-0.39, 0.29) is 0 Å². The molecule has 0 amide bonds. The maximum absolute atomic E-state index is 12.5. The minimum atomic E-state index is -4.18. The van der Waals surface area contributed by atoms with E-state index in [4.69, 9.17) is 0 Å². The summed E-state index contributed by atoms with van der Waals surface area (Å²) in [6, 6.07) is 0. The molecule has 2 aromatic rings. The van der Waals surface area contributed by atoms with E-state index in [1.807, 2.05) is 21.6 Å². The highest BCUT2D eigenvalue weighted by atomic mass is 19.4. The zero-order chi connectivity index (χ0) is 17.6. The molecule has 2 aliphatic heterocycles. The van der Waals surface area contributed by atoms with Crippen molar-refractivity contribution in [3.63, 3.8) is 0 Å². The van der Waals surface area contributed by atoms with Crippen LogP contribution < -0.4 is 14.9 Å². The van der Waals surface area contributed by atoms with E-state index in [9.17, 15) is 18.4 Å². The van der Waals surface area contributed by atoms with Crippen LogP contribution in [0.25, 0.3) is 11.7 Å². The number of aromatic nitrogens is 3. The first kappa shape index (κ1) is 16.0. The van der Waals surface area contributed by atoms with Crippen molar-refractivity contribution in [3.8, 4) is 0 Å². The van der Waals surface area contributed by atoms with Crippen LogP contribution in [-0.4, -0.2) is 59.7 Å². The number of fused-ring (bicyclic) bond motifs is 3. The Morgan fingerprint density at radius 2 is 2.00 bits per heavy atom. The van der Waals surface area contributed by atoms with E-state index in [1.54, 1.807) is 6.08 Å². The van der Waals surface area contributed by atoms with Gasteiger partial charge in [0.1, 0.15) is 5.82 Å². The summed E-state index contributed by atoms with van der Waals surface area (Å²) in [5, 5.41) is 15.2. The summed E-state index contributed by atoms with van der Waals surface area (Å²) < 4.78 is 40.0. The van der Waals surface area contributed by atoms with Crippen molar-refractivity contribution < 1.29 is 17.9 Å². The number of hydrogen-bond acceptors (Lipinski definition) is 5. The van der Waals surface area contributed by atoms with E-state index >= 15 is 0 Å². The normalized spacial score (nSPS) is 18.4. The van der Waals surface area contributed by atoms with Crippen molar-refractivity contribution in [3.05, 3.63) is 29.4 Å². The lowest BCUT2D eigenvalue weighted by atomic mass is 10.3. The Balaban J connectivity index is 1.56. The van der Waals surface area contributed by atoms with Gasteiger partial charge in [-0.2, -0.15) is 17.9 Å². The van der Waals surface area contributed by atoms with E-state index in [2.05, 4.69) is 10.3 Å². The molecule has 0 saturated carbocycles. The van der Waals surface area contributed by atoms with Gasteiger partial charge in [0.25, 0.3) is 5.69 Å². The Bertz CT molecular complexity index is 823. The molecular formula is C15H17F3N6O. The highest BCUT2D eigenvalue weighted by Gasteiger charge is 2.32. The highest BCUT2D eigenvalue weighted by Crippen LogP contribution is 2.24. The Morgan fingerprint density at radius 1 is 1.24 bits per heavy atom. The molecule has 0 aromatic carbocycles. The van der Waals surface area contributed by atoms with E-state index in [1.165, 1.54) is 11.1 Å². The van der Waals surface area contributed by atoms with Gasteiger partial charge in [-0.05, 0) is 0 Å². The second kappa shape index (κ2) is 5.80. The molecule has 0 spiro atoms. The molecule has 4 heterocycles. The number of nitrogens with zero attached hydrogens (tertiary/aromatic N) is 5. The third-order valence-electron chi connectivity index (χ3n) is 4.44. The van der Waals surface area contributed by atoms with Crippen LogP contribution in [0.1, 0.15) is 5.69 Å².